The molecular formula is C15H28N2O4. The minimum Gasteiger partial charge on any atom is -0.480 e. The molecule has 6 heteroatoms. The lowest BCUT2D eigenvalue weighted by atomic mass is 10.0. The second-order valence-electron chi connectivity index (χ2n) is 6.04. The number of nitrogens with one attached hydrogen (secondary N) is 1. The lowest BCUT2D eigenvalue weighted by Crippen LogP contribution is -2.52. The highest BCUT2D eigenvalue weighted by molar-refractivity contribution is 5.89. The quantitative estimate of drug-likeness (QED) is 0.675. The summed E-state index contributed by atoms with van der Waals surface area (Å²) in [7, 11) is 0. The molecule has 6 nitrogen and oxygen atoms in total. The van der Waals surface area contributed by atoms with Gasteiger partial charge in [0.15, 0.2) is 0 Å². The molecule has 0 heterocycles. The first-order valence-electron chi connectivity index (χ1n) is 7.48. The number of aliphatic carboxylic acids is 1. The van der Waals surface area contributed by atoms with Crippen molar-refractivity contribution < 1.29 is 19.5 Å². The third kappa shape index (κ3) is 7.68. The van der Waals surface area contributed by atoms with E-state index in [0.29, 0.717) is 19.4 Å². The van der Waals surface area contributed by atoms with Crippen LogP contribution >= 0.6 is 0 Å². The summed E-state index contributed by atoms with van der Waals surface area (Å²) in [5, 5.41) is 11.6. The van der Waals surface area contributed by atoms with Crippen LogP contribution in [0.1, 0.15) is 47.5 Å². The van der Waals surface area contributed by atoms with Crippen LogP contribution in [0.15, 0.2) is 0 Å². The van der Waals surface area contributed by atoms with Gasteiger partial charge < -0.3 is 15.3 Å². The molecule has 21 heavy (non-hydrogen) atoms. The van der Waals surface area contributed by atoms with Gasteiger partial charge in [0, 0.05) is 13.0 Å². The number of nitrogens with zero attached hydrogens (tertiary/aromatic N) is 1. The van der Waals surface area contributed by atoms with E-state index >= 15 is 0 Å². The van der Waals surface area contributed by atoms with Crippen molar-refractivity contribution in [1.29, 1.82) is 0 Å². The minimum absolute atomic E-state index is 0.0956. The summed E-state index contributed by atoms with van der Waals surface area (Å²) in [6, 6.07) is -0.679. The molecule has 0 aliphatic rings. The fraction of sp³-hybridized carbons (Fsp3) is 0.800. The summed E-state index contributed by atoms with van der Waals surface area (Å²) in [4.78, 5) is 36.5. The Hall–Kier alpha value is -1.59. The van der Waals surface area contributed by atoms with Crippen LogP contribution in [0.25, 0.3) is 0 Å². The molecule has 2 amide bonds. The Balaban J connectivity index is 4.93. The smallest absolute Gasteiger partial charge is 0.323 e. The summed E-state index contributed by atoms with van der Waals surface area (Å²) in [5.41, 5.74) is 0. The molecule has 122 valence electrons. The van der Waals surface area contributed by atoms with Gasteiger partial charge in [-0.15, -0.1) is 0 Å². The first kappa shape index (κ1) is 19.4. The van der Waals surface area contributed by atoms with E-state index in [1.807, 2.05) is 34.6 Å². The second-order valence-corrected chi connectivity index (χ2v) is 6.04. The SMILES string of the molecule is CCCN(CC(=O)O)C(=O)C(NC(=O)CC(C)C)C(C)C. The molecule has 0 bridgehead atoms. The Bertz CT molecular complexity index is 367. The van der Waals surface area contributed by atoms with E-state index in [1.165, 1.54) is 4.90 Å². The summed E-state index contributed by atoms with van der Waals surface area (Å²) >= 11 is 0. The van der Waals surface area contributed by atoms with Gasteiger partial charge in [-0.05, 0) is 18.3 Å². The summed E-state index contributed by atoms with van der Waals surface area (Å²) in [5.74, 6) is -1.44. The van der Waals surface area contributed by atoms with E-state index in [9.17, 15) is 14.4 Å². The topological polar surface area (TPSA) is 86.7 Å². The molecule has 1 unspecified atom stereocenters. The molecule has 0 radical (unpaired) electrons. The predicted molar refractivity (Wildman–Crippen MR) is 80.7 cm³/mol. The average Bonchev–Trinajstić information content (AvgIpc) is 2.32. The van der Waals surface area contributed by atoms with Crippen LogP contribution in [0.4, 0.5) is 0 Å². The van der Waals surface area contributed by atoms with E-state index in [-0.39, 0.29) is 30.2 Å². The van der Waals surface area contributed by atoms with Gasteiger partial charge in [0.1, 0.15) is 12.6 Å². The summed E-state index contributed by atoms with van der Waals surface area (Å²) < 4.78 is 0. The Morgan fingerprint density at radius 2 is 1.71 bits per heavy atom. The highest BCUT2D eigenvalue weighted by atomic mass is 16.4. The molecule has 0 aliphatic heterocycles. The molecule has 0 fully saturated rings. The number of rotatable bonds is 9. The molecule has 0 rings (SSSR count). The average molecular weight is 300 g/mol. The molecule has 1 atom stereocenters. The maximum Gasteiger partial charge on any atom is 0.323 e. The molecule has 2 N–H and O–H groups in total. The Morgan fingerprint density at radius 1 is 1.14 bits per heavy atom. The summed E-state index contributed by atoms with van der Waals surface area (Å²) in [6.07, 6.45) is 1.02. The van der Waals surface area contributed by atoms with Gasteiger partial charge in [-0.1, -0.05) is 34.6 Å². The number of amides is 2. The molecule has 0 saturated heterocycles. The van der Waals surface area contributed by atoms with Crippen LogP contribution in [-0.2, 0) is 14.4 Å². The van der Waals surface area contributed by atoms with E-state index in [1.54, 1.807) is 0 Å². The van der Waals surface area contributed by atoms with Crippen molar-refractivity contribution in [3.8, 4) is 0 Å². The molecule has 0 saturated carbocycles. The Kier molecular flexibility index (Phi) is 8.66. The third-order valence-corrected chi connectivity index (χ3v) is 2.97. The number of carbonyl (C=O) groups excluding carboxylic acids is 2. The fourth-order valence-corrected chi connectivity index (χ4v) is 2.01. The van der Waals surface area contributed by atoms with Crippen molar-refractivity contribution in [2.45, 2.75) is 53.5 Å². The summed E-state index contributed by atoms with van der Waals surface area (Å²) in [6.45, 7) is 9.44. The van der Waals surface area contributed by atoms with E-state index in [0.717, 1.165) is 0 Å². The fourth-order valence-electron chi connectivity index (χ4n) is 2.01. The van der Waals surface area contributed by atoms with Gasteiger partial charge in [-0.3, -0.25) is 14.4 Å². The van der Waals surface area contributed by atoms with Gasteiger partial charge in [-0.25, -0.2) is 0 Å². The third-order valence-electron chi connectivity index (χ3n) is 2.97. The Labute approximate surface area is 126 Å². The van der Waals surface area contributed by atoms with E-state index in [4.69, 9.17) is 5.11 Å². The lowest BCUT2D eigenvalue weighted by Gasteiger charge is -2.28. The van der Waals surface area contributed by atoms with E-state index in [2.05, 4.69) is 5.32 Å². The number of hydrogen-bond donors (Lipinski definition) is 2. The second kappa shape index (κ2) is 9.37. The zero-order valence-corrected chi connectivity index (χ0v) is 13.7. The predicted octanol–water partition coefficient (Wildman–Crippen LogP) is 1.50. The van der Waals surface area contributed by atoms with Crippen molar-refractivity contribution in [3.05, 3.63) is 0 Å². The van der Waals surface area contributed by atoms with Crippen LogP contribution in [0.3, 0.4) is 0 Å². The number of carboxylic acids is 1. The number of carboxylic acid groups (broad SMARTS) is 1. The van der Waals surface area contributed by atoms with Gasteiger partial charge in [0.05, 0.1) is 0 Å². The monoisotopic (exact) mass is 300 g/mol. The molecule has 0 aromatic carbocycles. The maximum absolute atomic E-state index is 12.5. The van der Waals surface area contributed by atoms with Crippen LogP contribution in [-0.4, -0.2) is 46.9 Å². The lowest BCUT2D eigenvalue weighted by molar-refractivity contribution is -0.146. The highest BCUT2D eigenvalue weighted by Gasteiger charge is 2.29. The zero-order valence-electron chi connectivity index (χ0n) is 13.7. The molecule has 0 aromatic heterocycles. The van der Waals surface area contributed by atoms with Crippen LogP contribution in [0.2, 0.25) is 0 Å². The van der Waals surface area contributed by atoms with Crippen LogP contribution in [0.5, 0.6) is 0 Å². The minimum atomic E-state index is -1.05. The standard InChI is InChI=1S/C15H28N2O4/c1-6-7-17(9-13(19)20)15(21)14(11(4)5)16-12(18)8-10(2)3/h10-11,14H,6-9H2,1-5H3,(H,16,18)(H,19,20). The Morgan fingerprint density at radius 3 is 2.10 bits per heavy atom. The van der Waals surface area contributed by atoms with Crippen molar-refractivity contribution in [2.75, 3.05) is 13.1 Å². The normalized spacial score (nSPS) is 12.3. The van der Waals surface area contributed by atoms with Gasteiger partial charge in [0.25, 0.3) is 0 Å². The first-order chi connectivity index (χ1) is 9.68. The molecule has 0 aliphatic carbocycles. The maximum atomic E-state index is 12.5. The van der Waals surface area contributed by atoms with E-state index < -0.39 is 12.0 Å². The zero-order chi connectivity index (χ0) is 16.6. The number of carbonyl (C=O) groups is 3. The largest absolute Gasteiger partial charge is 0.480 e. The van der Waals surface area contributed by atoms with Gasteiger partial charge in [0.2, 0.25) is 11.8 Å². The van der Waals surface area contributed by atoms with Gasteiger partial charge in [-0.2, -0.15) is 0 Å². The number of hydrogen-bond acceptors (Lipinski definition) is 3. The first-order valence-corrected chi connectivity index (χ1v) is 7.48. The molecule has 0 spiro atoms. The van der Waals surface area contributed by atoms with Crippen LogP contribution in [0, 0.1) is 11.8 Å². The molecule has 0 aromatic rings. The van der Waals surface area contributed by atoms with Crippen molar-refractivity contribution >= 4 is 17.8 Å². The van der Waals surface area contributed by atoms with Crippen molar-refractivity contribution in [3.63, 3.8) is 0 Å². The molecular weight excluding hydrogens is 272 g/mol. The van der Waals surface area contributed by atoms with Gasteiger partial charge >= 0.3 is 5.97 Å². The van der Waals surface area contributed by atoms with Crippen molar-refractivity contribution in [1.82, 2.24) is 10.2 Å². The van der Waals surface area contributed by atoms with Crippen LogP contribution < -0.4 is 5.32 Å². The highest BCUT2D eigenvalue weighted by Crippen LogP contribution is 2.09. The van der Waals surface area contributed by atoms with Crippen molar-refractivity contribution in [2.24, 2.45) is 11.8 Å².